The van der Waals surface area contributed by atoms with Gasteiger partial charge in [-0.05, 0) is 119 Å². The van der Waals surface area contributed by atoms with Gasteiger partial charge in [-0.3, -0.25) is 0 Å². The molecule has 0 radical (unpaired) electrons. The summed E-state index contributed by atoms with van der Waals surface area (Å²) in [5.74, 6) is 0. The predicted molar refractivity (Wildman–Crippen MR) is 253 cm³/mol. The maximum Gasteiger partial charge on any atom is 0.0732 e. The van der Waals surface area contributed by atoms with Crippen LogP contribution in [0.15, 0.2) is 225 Å². The fourth-order valence-electron chi connectivity index (χ4n) is 9.98. The van der Waals surface area contributed by atoms with E-state index in [-0.39, 0.29) is 0 Å². The van der Waals surface area contributed by atoms with E-state index in [1.54, 1.807) is 0 Å². The summed E-state index contributed by atoms with van der Waals surface area (Å²) in [4.78, 5) is 2.45. The molecule has 0 saturated carbocycles. The van der Waals surface area contributed by atoms with Crippen molar-refractivity contribution in [3.05, 3.63) is 258 Å². The van der Waals surface area contributed by atoms with Crippen LogP contribution in [0, 0.1) is 0 Å². The lowest BCUT2D eigenvalue weighted by Crippen LogP contribution is -2.37. The van der Waals surface area contributed by atoms with Gasteiger partial charge in [0.25, 0.3) is 0 Å². The van der Waals surface area contributed by atoms with E-state index >= 15 is 0 Å². The highest BCUT2D eigenvalue weighted by atomic mass is 15.1. The number of rotatable bonds is 7. The Morgan fingerprint density at radius 1 is 0.400 bits per heavy atom. The predicted octanol–water partition coefficient (Wildman–Crippen LogP) is 13.9. The normalized spacial score (nSPS) is 14.6. The van der Waals surface area contributed by atoms with Crippen molar-refractivity contribution < 1.29 is 0 Å². The van der Waals surface area contributed by atoms with Crippen LogP contribution < -0.4 is 15.3 Å². The van der Waals surface area contributed by atoms with Gasteiger partial charge in [-0.25, -0.2) is 0 Å². The van der Waals surface area contributed by atoms with Gasteiger partial charge in [-0.15, -0.1) is 0 Å². The largest absolute Gasteiger partial charge is 0.310 e. The summed E-state index contributed by atoms with van der Waals surface area (Å²) in [7, 11) is 0. The highest BCUT2D eigenvalue weighted by Gasteiger charge is 2.53. The van der Waals surface area contributed by atoms with E-state index in [9.17, 15) is 0 Å². The number of fused-ring (bicyclic) bond motifs is 10. The Morgan fingerprint density at radius 3 is 1.50 bits per heavy atom. The molecule has 0 N–H and O–H groups in total. The second-order valence-corrected chi connectivity index (χ2v) is 15.7. The zero-order valence-electron chi connectivity index (χ0n) is 33.2. The average Bonchev–Trinajstić information content (AvgIpc) is 3.79. The second kappa shape index (κ2) is 14.3. The first-order valence-electron chi connectivity index (χ1n) is 20.6. The van der Waals surface area contributed by atoms with Gasteiger partial charge < -0.3 is 4.90 Å². The van der Waals surface area contributed by atoms with Gasteiger partial charge in [0.2, 0.25) is 0 Å². The molecule has 1 nitrogen and oxygen atoms in total. The monoisotopic (exact) mass is 763 g/mol. The van der Waals surface area contributed by atoms with E-state index in [0.29, 0.717) is 0 Å². The summed E-state index contributed by atoms with van der Waals surface area (Å²) in [6.07, 6.45) is 4.07. The average molecular weight is 764 g/mol. The van der Waals surface area contributed by atoms with Crippen molar-refractivity contribution in [2.24, 2.45) is 0 Å². The van der Waals surface area contributed by atoms with E-state index in [0.717, 1.165) is 27.5 Å². The van der Waals surface area contributed by atoms with E-state index in [1.807, 2.05) is 6.08 Å². The van der Waals surface area contributed by atoms with Gasteiger partial charge in [0.1, 0.15) is 0 Å². The third-order valence-corrected chi connectivity index (χ3v) is 12.6. The molecule has 1 atom stereocenters. The minimum Gasteiger partial charge on any atom is -0.310 e. The molecule has 1 spiro atoms. The molecule has 0 aromatic heterocycles. The van der Waals surface area contributed by atoms with Crippen LogP contribution in [0.25, 0.3) is 68.3 Å². The Kier molecular flexibility index (Phi) is 8.42. The van der Waals surface area contributed by atoms with Gasteiger partial charge in [0.15, 0.2) is 0 Å². The lowest BCUT2D eigenvalue weighted by Gasteiger charge is -2.32. The third kappa shape index (κ3) is 5.40. The molecule has 1 unspecified atom stereocenters. The summed E-state index contributed by atoms with van der Waals surface area (Å²) < 4.78 is 0. The van der Waals surface area contributed by atoms with Crippen molar-refractivity contribution in [2.75, 3.05) is 4.90 Å². The Balaban J connectivity index is 1.22. The molecule has 60 heavy (non-hydrogen) atoms. The molecule has 0 aliphatic heterocycles. The van der Waals surface area contributed by atoms with Gasteiger partial charge in [0, 0.05) is 16.9 Å². The van der Waals surface area contributed by atoms with E-state index in [2.05, 4.69) is 236 Å². The van der Waals surface area contributed by atoms with Crippen LogP contribution in [-0.4, -0.2) is 0 Å². The molecule has 2 aliphatic carbocycles. The summed E-state index contributed by atoms with van der Waals surface area (Å²) >= 11 is 0. The lowest BCUT2D eigenvalue weighted by atomic mass is 9.69. The van der Waals surface area contributed by atoms with Crippen LogP contribution in [0.5, 0.6) is 0 Å². The molecule has 2 aliphatic rings. The summed E-state index contributed by atoms with van der Waals surface area (Å²) in [5, 5.41) is 2.11. The van der Waals surface area contributed by atoms with Gasteiger partial charge in [-0.2, -0.15) is 0 Å². The minimum absolute atomic E-state index is 0.611. The molecule has 1 heteroatoms. The molecule has 0 bridgehead atoms. The molecule has 0 saturated heterocycles. The number of allylic oxidation sites excluding steroid dienone is 1. The standard InChI is InChI=1S/C59H41N/c1-3-16-49-40(2)27-37-51-50-23-13-14-24-53(50)59(58(49)51)54-25-15-26-56(57(54)52-38-32-46(39-55(52)59)43-21-11-6-12-22-43)60(47-33-28-44(29-34-47)41-17-7-4-8-18-41)48-35-30-45(31-36-48)42-19-9-5-10-20-42/h3-39H,1-2H2/b49-16+. The summed E-state index contributed by atoms with van der Waals surface area (Å²) in [6, 6.07) is 77.6. The Bertz CT molecular complexity index is 3120. The van der Waals surface area contributed by atoms with Crippen molar-refractivity contribution in [2.45, 2.75) is 5.41 Å². The highest BCUT2D eigenvalue weighted by Crippen LogP contribution is 2.64. The summed E-state index contributed by atoms with van der Waals surface area (Å²) in [6.45, 7) is 8.80. The highest BCUT2D eigenvalue weighted by molar-refractivity contribution is 6.02. The Morgan fingerprint density at radius 2 is 0.900 bits per heavy atom. The molecular weight excluding hydrogens is 723 g/mol. The fraction of sp³-hybridized carbons (Fsp3) is 0.0169. The minimum atomic E-state index is -0.611. The number of hydrogen-bond acceptors (Lipinski definition) is 1. The topological polar surface area (TPSA) is 3.24 Å². The maximum atomic E-state index is 4.61. The first-order chi connectivity index (χ1) is 29.6. The lowest BCUT2D eigenvalue weighted by molar-refractivity contribution is 0.786. The number of hydrogen-bond donors (Lipinski definition) is 0. The fourth-order valence-corrected chi connectivity index (χ4v) is 9.98. The van der Waals surface area contributed by atoms with Crippen LogP contribution in [0.4, 0.5) is 17.1 Å². The molecule has 9 aromatic carbocycles. The van der Waals surface area contributed by atoms with E-state index < -0.39 is 5.41 Å². The Labute approximate surface area is 351 Å². The van der Waals surface area contributed by atoms with Crippen molar-refractivity contribution in [1.29, 1.82) is 0 Å². The molecule has 11 rings (SSSR count). The van der Waals surface area contributed by atoms with E-state index in [1.165, 1.54) is 77.9 Å². The third-order valence-electron chi connectivity index (χ3n) is 12.6. The quantitative estimate of drug-likeness (QED) is 0.156. The van der Waals surface area contributed by atoms with Gasteiger partial charge >= 0.3 is 0 Å². The maximum absolute atomic E-state index is 4.61. The number of anilines is 3. The van der Waals surface area contributed by atoms with Crippen molar-refractivity contribution in [3.63, 3.8) is 0 Å². The van der Waals surface area contributed by atoms with E-state index in [4.69, 9.17) is 0 Å². The summed E-state index contributed by atoms with van der Waals surface area (Å²) in [5.41, 5.74) is 19.9. The smallest absolute Gasteiger partial charge is 0.0732 e. The van der Waals surface area contributed by atoms with Crippen molar-refractivity contribution in [1.82, 2.24) is 0 Å². The molecule has 0 amide bonds. The molecular formula is C59H41N. The van der Waals surface area contributed by atoms with Crippen LogP contribution in [0.2, 0.25) is 0 Å². The SMILES string of the molecule is C=C/C=c1/c2c(ccc1=C)-c1ccccc1C21c2cc(-c3ccccc3)ccc2-c2c(N(c3ccc(-c4ccccc4)cc3)c3ccc(-c4ccccc4)cc3)cccc21. The van der Waals surface area contributed by atoms with Gasteiger partial charge in [-0.1, -0.05) is 201 Å². The van der Waals surface area contributed by atoms with Crippen LogP contribution in [-0.2, 0) is 5.41 Å². The Hall–Kier alpha value is -7.74. The first-order valence-corrected chi connectivity index (χ1v) is 20.6. The molecule has 0 heterocycles. The zero-order valence-corrected chi connectivity index (χ0v) is 33.2. The van der Waals surface area contributed by atoms with Gasteiger partial charge in [0.05, 0.1) is 11.1 Å². The van der Waals surface area contributed by atoms with Crippen LogP contribution >= 0.6 is 0 Å². The number of nitrogens with zero attached hydrogens (tertiary/aromatic N) is 1. The first kappa shape index (κ1) is 35.4. The zero-order chi connectivity index (χ0) is 40.2. The van der Waals surface area contributed by atoms with Crippen molar-refractivity contribution >= 4 is 29.7 Å². The second-order valence-electron chi connectivity index (χ2n) is 15.7. The van der Waals surface area contributed by atoms with Crippen molar-refractivity contribution in [3.8, 4) is 55.6 Å². The molecule has 0 fully saturated rings. The molecule has 9 aromatic rings. The van der Waals surface area contributed by atoms with Crippen LogP contribution in [0.1, 0.15) is 22.3 Å². The number of benzene rings is 9. The van der Waals surface area contributed by atoms with Crippen LogP contribution in [0.3, 0.4) is 0 Å². The molecule has 282 valence electrons.